The van der Waals surface area contributed by atoms with Gasteiger partial charge in [-0.15, -0.1) is 0 Å². The molecular formula is C17H11F3N4O2. The summed E-state index contributed by atoms with van der Waals surface area (Å²) in [5.74, 6) is -2.95. The summed E-state index contributed by atoms with van der Waals surface area (Å²) in [6.07, 6.45) is 2.47. The molecule has 0 spiro atoms. The molecule has 6 nitrogen and oxygen atoms in total. The monoisotopic (exact) mass is 360 g/mol. The first kappa shape index (κ1) is 17.2. The molecule has 2 N–H and O–H groups in total. The Balaban J connectivity index is 1.82. The summed E-state index contributed by atoms with van der Waals surface area (Å²) in [5, 5.41) is 4.66. The fourth-order valence-electron chi connectivity index (χ4n) is 2.14. The Hall–Kier alpha value is -3.62. The second-order valence-corrected chi connectivity index (χ2v) is 5.14. The Morgan fingerprint density at radius 2 is 1.69 bits per heavy atom. The minimum absolute atomic E-state index is 0.0679. The van der Waals surface area contributed by atoms with Gasteiger partial charge in [0.05, 0.1) is 5.69 Å². The van der Waals surface area contributed by atoms with Crippen LogP contribution in [0.4, 0.5) is 29.5 Å². The number of rotatable bonds is 3. The van der Waals surface area contributed by atoms with E-state index >= 15 is 0 Å². The second kappa shape index (κ2) is 7.09. The first-order valence-electron chi connectivity index (χ1n) is 7.31. The highest BCUT2D eigenvalue weighted by molar-refractivity contribution is 5.99. The molecule has 3 rings (SSSR count). The van der Waals surface area contributed by atoms with Crippen LogP contribution in [0.15, 0.2) is 59.7 Å². The van der Waals surface area contributed by atoms with Crippen LogP contribution in [0.3, 0.4) is 0 Å². The van der Waals surface area contributed by atoms with Crippen LogP contribution in [-0.2, 0) is 0 Å². The predicted molar refractivity (Wildman–Crippen MR) is 88.8 cm³/mol. The van der Waals surface area contributed by atoms with Gasteiger partial charge in [0.15, 0.2) is 11.6 Å². The molecule has 0 fully saturated rings. The van der Waals surface area contributed by atoms with E-state index in [0.29, 0.717) is 5.69 Å². The molecule has 0 saturated carbocycles. The highest BCUT2D eigenvalue weighted by Gasteiger charge is 2.12. The summed E-state index contributed by atoms with van der Waals surface area (Å²) in [7, 11) is 0. The van der Waals surface area contributed by atoms with Crippen molar-refractivity contribution in [3.63, 3.8) is 0 Å². The zero-order valence-electron chi connectivity index (χ0n) is 13.0. The highest BCUT2D eigenvalue weighted by atomic mass is 19.2. The third-order valence-corrected chi connectivity index (χ3v) is 3.36. The SMILES string of the molecule is O=C(Nc1ccc(F)cc1)Nc1nccn(-c2ccc(F)c(F)c2)c1=O. The van der Waals surface area contributed by atoms with Crippen LogP contribution in [0.5, 0.6) is 0 Å². The maximum absolute atomic E-state index is 13.4. The predicted octanol–water partition coefficient (Wildman–Crippen LogP) is 3.29. The summed E-state index contributed by atoms with van der Waals surface area (Å²) in [6.45, 7) is 0. The summed E-state index contributed by atoms with van der Waals surface area (Å²) >= 11 is 0. The standard InChI is InChI=1S/C17H11F3N4O2/c18-10-1-3-11(4-2-10)22-17(26)23-15-16(25)24(8-7-21-15)12-5-6-13(19)14(20)9-12/h1-9H,(H2,21,22,23,26). The minimum atomic E-state index is -1.12. The number of hydrogen-bond donors (Lipinski definition) is 2. The molecule has 0 radical (unpaired) electrons. The Bertz CT molecular complexity index is 1020. The molecular weight excluding hydrogens is 349 g/mol. The summed E-state index contributed by atoms with van der Waals surface area (Å²) in [5.41, 5.74) is -0.369. The number of aromatic nitrogens is 2. The molecule has 26 heavy (non-hydrogen) atoms. The van der Waals surface area contributed by atoms with Crippen LogP contribution in [0.25, 0.3) is 5.69 Å². The summed E-state index contributed by atoms with van der Waals surface area (Å²) in [6, 6.07) is 7.16. The zero-order chi connectivity index (χ0) is 18.7. The first-order chi connectivity index (χ1) is 12.4. The maximum atomic E-state index is 13.4. The maximum Gasteiger partial charge on any atom is 0.325 e. The van der Waals surface area contributed by atoms with Gasteiger partial charge < -0.3 is 5.32 Å². The van der Waals surface area contributed by atoms with Crippen molar-refractivity contribution in [2.24, 2.45) is 0 Å². The van der Waals surface area contributed by atoms with E-state index in [2.05, 4.69) is 15.6 Å². The van der Waals surface area contributed by atoms with Crippen molar-refractivity contribution in [1.29, 1.82) is 0 Å². The molecule has 1 aromatic heterocycles. The number of nitrogens with zero attached hydrogens (tertiary/aromatic N) is 2. The molecule has 0 unspecified atom stereocenters. The van der Waals surface area contributed by atoms with Gasteiger partial charge in [0.25, 0.3) is 5.56 Å². The van der Waals surface area contributed by atoms with Crippen molar-refractivity contribution in [2.45, 2.75) is 0 Å². The van der Waals surface area contributed by atoms with Crippen molar-refractivity contribution in [2.75, 3.05) is 10.6 Å². The van der Waals surface area contributed by atoms with Gasteiger partial charge in [-0.1, -0.05) is 0 Å². The lowest BCUT2D eigenvalue weighted by atomic mass is 10.3. The average Bonchev–Trinajstić information content (AvgIpc) is 2.61. The van der Waals surface area contributed by atoms with Gasteiger partial charge in [-0.05, 0) is 36.4 Å². The van der Waals surface area contributed by atoms with E-state index in [1.165, 1.54) is 30.6 Å². The van der Waals surface area contributed by atoms with Gasteiger partial charge in [0.1, 0.15) is 5.82 Å². The zero-order valence-corrected chi connectivity index (χ0v) is 13.0. The fraction of sp³-hybridized carbons (Fsp3) is 0. The number of benzene rings is 2. The second-order valence-electron chi connectivity index (χ2n) is 5.14. The molecule has 0 atom stereocenters. The Morgan fingerprint density at radius 3 is 2.38 bits per heavy atom. The number of nitrogens with one attached hydrogen (secondary N) is 2. The highest BCUT2D eigenvalue weighted by Crippen LogP contribution is 2.12. The Morgan fingerprint density at radius 1 is 0.962 bits per heavy atom. The van der Waals surface area contributed by atoms with E-state index < -0.39 is 29.0 Å². The summed E-state index contributed by atoms with van der Waals surface area (Å²) in [4.78, 5) is 28.1. The number of amides is 2. The van der Waals surface area contributed by atoms with Crippen LogP contribution < -0.4 is 16.2 Å². The Labute approximate surface area is 144 Å². The molecule has 1 heterocycles. The molecule has 9 heteroatoms. The first-order valence-corrected chi connectivity index (χ1v) is 7.31. The number of urea groups is 1. The van der Waals surface area contributed by atoms with E-state index in [0.717, 1.165) is 28.8 Å². The third kappa shape index (κ3) is 3.72. The van der Waals surface area contributed by atoms with Crippen LogP contribution in [0.2, 0.25) is 0 Å². The molecule has 0 aliphatic rings. The lowest BCUT2D eigenvalue weighted by molar-refractivity contribution is 0.262. The number of anilines is 2. The number of halogens is 3. The van der Waals surface area contributed by atoms with Gasteiger partial charge in [-0.2, -0.15) is 0 Å². The molecule has 3 aromatic rings. The van der Waals surface area contributed by atoms with E-state index in [1.54, 1.807) is 0 Å². The van der Waals surface area contributed by atoms with Crippen molar-refractivity contribution >= 4 is 17.5 Å². The lowest BCUT2D eigenvalue weighted by Crippen LogP contribution is -2.28. The van der Waals surface area contributed by atoms with E-state index in [-0.39, 0.29) is 11.5 Å². The van der Waals surface area contributed by atoms with Crippen molar-refractivity contribution in [3.8, 4) is 5.69 Å². The topological polar surface area (TPSA) is 76.0 Å². The van der Waals surface area contributed by atoms with Gasteiger partial charge in [-0.3, -0.25) is 14.7 Å². The van der Waals surface area contributed by atoms with Gasteiger partial charge in [0.2, 0.25) is 5.82 Å². The number of carbonyl (C=O) groups is 1. The van der Waals surface area contributed by atoms with E-state index in [4.69, 9.17) is 0 Å². The molecule has 0 aliphatic carbocycles. The van der Waals surface area contributed by atoms with Crippen molar-refractivity contribution in [1.82, 2.24) is 9.55 Å². The fourth-order valence-corrected chi connectivity index (χ4v) is 2.14. The number of carbonyl (C=O) groups excluding carboxylic acids is 1. The summed E-state index contributed by atoms with van der Waals surface area (Å²) < 4.78 is 40.3. The van der Waals surface area contributed by atoms with Gasteiger partial charge >= 0.3 is 6.03 Å². The van der Waals surface area contributed by atoms with Crippen LogP contribution >= 0.6 is 0 Å². The largest absolute Gasteiger partial charge is 0.325 e. The van der Waals surface area contributed by atoms with E-state index in [9.17, 15) is 22.8 Å². The normalized spacial score (nSPS) is 10.4. The van der Waals surface area contributed by atoms with Crippen molar-refractivity contribution < 1.29 is 18.0 Å². The molecule has 0 bridgehead atoms. The van der Waals surface area contributed by atoms with Crippen LogP contribution in [-0.4, -0.2) is 15.6 Å². The average molecular weight is 360 g/mol. The molecule has 132 valence electrons. The van der Waals surface area contributed by atoms with Crippen molar-refractivity contribution in [3.05, 3.63) is 82.7 Å². The molecule has 2 aromatic carbocycles. The molecule has 0 saturated heterocycles. The quantitative estimate of drug-likeness (QED) is 0.753. The van der Waals surface area contributed by atoms with Crippen LogP contribution in [0, 0.1) is 17.5 Å². The number of hydrogen-bond acceptors (Lipinski definition) is 3. The third-order valence-electron chi connectivity index (χ3n) is 3.36. The van der Waals surface area contributed by atoms with E-state index in [1.807, 2.05) is 0 Å². The smallest absolute Gasteiger partial charge is 0.308 e. The minimum Gasteiger partial charge on any atom is -0.308 e. The Kier molecular flexibility index (Phi) is 4.70. The van der Waals surface area contributed by atoms with Crippen LogP contribution in [0.1, 0.15) is 0 Å². The molecule has 2 amide bonds. The van der Waals surface area contributed by atoms with Gasteiger partial charge in [0, 0.05) is 24.1 Å². The molecule has 0 aliphatic heterocycles. The lowest BCUT2D eigenvalue weighted by Gasteiger charge is -2.09. The van der Waals surface area contributed by atoms with Gasteiger partial charge in [-0.25, -0.2) is 22.9 Å².